The van der Waals surface area contributed by atoms with E-state index in [9.17, 15) is 4.79 Å². The zero-order chi connectivity index (χ0) is 14.5. The van der Waals surface area contributed by atoms with Crippen LogP contribution in [0.4, 0.5) is 0 Å². The van der Waals surface area contributed by atoms with Crippen LogP contribution < -0.4 is 0 Å². The summed E-state index contributed by atoms with van der Waals surface area (Å²) in [6.07, 6.45) is 5.09. The number of carbonyl (C=O) groups excluding carboxylic acids is 1. The molecular formula is C18H20O2. The number of allylic oxidation sites excluding steroid dienone is 1. The van der Waals surface area contributed by atoms with Gasteiger partial charge in [-0.05, 0) is 53.8 Å². The number of ether oxygens (including phenoxy) is 1. The summed E-state index contributed by atoms with van der Waals surface area (Å²) in [5.41, 5.74) is 3.51. The Kier molecular flexibility index (Phi) is 4.57. The molecule has 0 aliphatic carbocycles. The fourth-order valence-corrected chi connectivity index (χ4v) is 2.42. The van der Waals surface area contributed by atoms with E-state index in [0.717, 1.165) is 17.4 Å². The second-order valence-corrected chi connectivity index (χ2v) is 4.96. The second-order valence-electron chi connectivity index (χ2n) is 4.96. The Morgan fingerprint density at radius 3 is 2.80 bits per heavy atom. The molecule has 0 amide bonds. The zero-order valence-corrected chi connectivity index (χ0v) is 12.2. The van der Waals surface area contributed by atoms with E-state index in [-0.39, 0.29) is 6.10 Å². The first-order chi connectivity index (χ1) is 9.67. The fraction of sp³-hybridized carbons (Fsp3) is 0.278. The van der Waals surface area contributed by atoms with Crippen molar-refractivity contribution in [3.8, 4) is 0 Å². The van der Waals surface area contributed by atoms with Gasteiger partial charge in [0.2, 0.25) is 0 Å². The van der Waals surface area contributed by atoms with Gasteiger partial charge in [-0.2, -0.15) is 0 Å². The van der Waals surface area contributed by atoms with Gasteiger partial charge in [0, 0.05) is 0 Å². The van der Waals surface area contributed by atoms with Crippen LogP contribution in [0.25, 0.3) is 16.8 Å². The third-order valence-electron chi connectivity index (χ3n) is 3.53. The maximum absolute atomic E-state index is 10.6. The average Bonchev–Trinajstić information content (AvgIpc) is 2.44. The molecule has 2 aromatic rings. The van der Waals surface area contributed by atoms with Crippen LogP contribution in [0.3, 0.4) is 0 Å². The van der Waals surface area contributed by atoms with Gasteiger partial charge in [0.25, 0.3) is 6.47 Å². The minimum Gasteiger partial charge on any atom is -0.460 e. The fourth-order valence-electron chi connectivity index (χ4n) is 2.42. The summed E-state index contributed by atoms with van der Waals surface area (Å²) in [7, 11) is 0. The van der Waals surface area contributed by atoms with E-state index in [1.807, 2.05) is 19.1 Å². The van der Waals surface area contributed by atoms with Gasteiger partial charge in [0.1, 0.15) is 6.10 Å². The first-order valence-corrected chi connectivity index (χ1v) is 6.96. The summed E-state index contributed by atoms with van der Waals surface area (Å²) in [5, 5.41) is 2.32. The lowest BCUT2D eigenvalue weighted by Gasteiger charge is -2.14. The Labute approximate surface area is 120 Å². The second kappa shape index (κ2) is 6.38. The largest absolute Gasteiger partial charge is 0.460 e. The predicted molar refractivity (Wildman–Crippen MR) is 83.6 cm³/mol. The van der Waals surface area contributed by atoms with Crippen molar-refractivity contribution in [2.45, 2.75) is 33.3 Å². The minimum atomic E-state index is -0.234. The highest BCUT2D eigenvalue weighted by Crippen LogP contribution is 2.29. The lowest BCUT2D eigenvalue weighted by molar-refractivity contribution is -0.133. The number of aryl methyl sites for hydroxylation is 1. The zero-order valence-electron chi connectivity index (χ0n) is 12.2. The monoisotopic (exact) mass is 268 g/mol. The lowest BCUT2D eigenvalue weighted by atomic mass is 9.96. The molecular weight excluding hydrogens is 248 g/mol. The van der Waals surface area contributed by atoms with E-state index in [2.05, 4.69) is 44.2 Å². The molecule has 0 saturated carbocycles. The maximum atomic E-state index is 10.6. The number of carbonyl (C=O) groups is 1. The first-order valence-electron chi connectivity index (χ1n) is 6.96. The Bertz CT molecular complexity index is 641. The molecule has 2 nitrogen and oxygen atoms in total. The lowest BCUT2D eigenvalue weighted by Crippen LogP contribution is -1.99. The molecule has 0 N–H and O–H groups in total. The molecule has 2 rings (SSSR count). The Morgan fingerprint density at radius 2 is 2.10 bits per heavy atom. The van der Waals surface area contributed by atoms with Crippen LogP contribution in [0.15, 0.2) is 36.4 Å². The van der Waals surface area contributed by atoms with Crippen molar-refractivity contribution in [3.63, 3.8) is 0 Å². The van der Waals surface area contributed by atoms with Crippen molar-refractivity contribution >= 4 is 23.3 Å². The van der Waals surface area contributed by atoms with Crippen LogP contribution in [0.5, 0.6) is 0 Å². The van der Waals surface area contributed by atoms with E-state index in [0.29, 0.717) is 6.47 Å². The summed E-state index contributed by atoms with van der Waals surface area (Å²) in [6, 6.07) is 10.5. The predicted octanol–water partition coefficient (Wildman–Crippen LogP) is 4.81. The molecule has 104 valence electrons. The van der Waals surface area contributed by atoms with Gasteiger partial charge in [-0.1, -0.05) is 43.3 Å². The molecule has 0 aromatic heterocycles. The minimum absolute atomic E-state index is 0.234. The van der Waals surface area contributed by atoms with Crippen LogP contribution in [-0.2, 0) is 9.53 Å². The molecule has 1 atom stereocenters. The van der Waals surface area contributed by atoms with E-state index < -0.39 is 0 Å². The van der Waals surface area contributed by atoms with Crippen LogP contribution >= 0.6 is 0 Å². The molecule has 0 bridgehead atoms. The van der Waals surface area contributed by atoms with Crippen molar-refractivity contribution < 1.29 is 9.53 Å². The van der Waals surface area contributed by atoms with Gasteiger partial charge in [-0.3, -0.25) is 4.79 Å². The highest BCUT2D eigenvalue weighted by Gasteiger charge is 2.11. The standard InChI is InChI=1S/C18H20O2/c1-4-5-7-15-11-18-16(10-13(15)2)8-6-9-17(18)14(3)20-12-19/h5-12,14H,4H2,1-3H3/b7-5-. The SMILES string of the molecule is CC/C=C\c1cc2c(C(C)OC=O)cccc2cc1C. The third-order valence-corrected chi connectivity index (χ3v) is 3.53. The smallest absolute Gasteiger partial charge is 0.293 e. The maximum Gasteiger partial charge on any atom is 0.293 e. The average molecular weight is 268 g/mol. The summed E-state index contributed by atoms with van der Waals surface area (Å²) in [5.74, 6) is 0. The van der Waals surface area contributed by atoms with Gasteiger partial charge in [0.15, 0.2) is 0 Å². The van der Waals surface area contributed by atoms with E-state index in [1.165, 1.54) is 16.5 Å². The topological polar surface area (TPSA) is 26.3 Å². The molecule has 0 heterocycles. The molecule has 0 spiro atoms. The van der Waals surface area contributed by atoms with Gasteiger partial charge in [0.05, 0.1) is 0 Å². The van der Waals surface area contributed by atoms with Crippen molar-refractivity contribution in [2.75, 3.05) is 0 Å². The number of fused-ring (bicyclic) bond motifs is 1. The Balaban J connectivity index is 2.59. The Morgan fingerprint density at radius 1 is 1.30 bits per heavy atom. The highest BCUT2D eigenvalue weighted by atomic mass is 16.5. The first kappa shape index (κ1) is 14.3. The summed E-state index contributed by atoms with van der Waals surface area (Å²) >= 11 is 0. The number of hydrogen-bond donors (Lipinski definition) is 0. The molecule has 0 saturated heterocycles. The van der Waals surface area contributed by atoms with Crippen LogP contribution in [-0.4, -0.2) is 6.47 Å². The summed E-state index contributed by atoms with van der Waals surface area (Å²) in [6.45, 7) is 6.64. The molecule has 2 heteroatoms. The van der Waals surface area contributed by atoms with Crippen molar-refractivity contribution in [1.82, 2.24) is 0 Å². The quantitative estimate of drug-likeness (QED) is 0.728. The van der Waals surface area contributed by atoms with Gasteiger partial charge < -0.3 is 4.74 Å². The van der Waals surface area contributed by atoms with Crippen molar-refractivity contribution in [1.29, 1.82) is 0 Å². The summed E-state index contributed by atoms with van der Waals surface area (Å²) in [4.78, 5) is 10.6. The van der Waals surface area contributed by atoms with Crippen molar-refractivity contribution in [3.05, 3.63) is 53.1 Å². The van der Waals surface area contributed by atoms with Gasteiger partial charge >= 0.3 is 0 Å². The Hall–Kier alpha value is -2.09. The normalized spacial score (nSPS) is 12.8. The summed E-state index contributed by atoms with van der Waals surface area (Å²) < 4.78 is 5.09. The van der Waals surface area contributed by atoms with Crippen molar-refractivity contribution in [2.24, 2.45) is 0 Å². The van der Waals surface area contributed by atoms with E-state index in [4.69, 9.17) is 4.74 Å². The number of benzene rings is 2. The third kappa shape index (κ3) is 2.90. The molecule has 20 heavy (non-hydrogen) atoms. The molecule has 0 aliphatic heterocycles. The van der Waals surface area contributed by atoms with Crippen LogP contribution in [0, 0.1) is 6.92 Å². The van der Waals surface area contributed by atoms with Gasteiger partial charge in [-0.15, -0.1) is 0 Å². The van der Waals surface area contributed by atoms with Crippen LogP contribution in [0.2, 0.25) is 0 Å². The van der Waals surface area contributed by atoms with Crippen LogP contribution in [0.1, 0.15) is 43.1 Å². The molecule has 0 fully saturated rings. The molecule has 0 aliphatic rings. The molecule has 1 unspecified atom stereocenters. The molecule has 0 radical (unpaired) electrons. The number of hydrogen-bond acceptors (Lipinski definition) is 2. The van der Waals surface area contributed by atoms with Gasteiger partial charge in [-0.25, -0.2) is 0 Å². The van der Waals surface area contributed by atoms with E-state index >= 15 is 0 Å². The molecule has 2 aromatic carbocycles. The number of rotatable bonds is 5. The van der Waals surface area contributed by atoms with E-state index in [1.54, 1.807) is 0 Å². The highest BCUT2D eigenvalue weighted by molar-refractivity contribution is 5.89.